The Morgan fingerprint density at radius 2 is 1.95 bits per heavy atom. The molecule has 0 spiro atoms. The van der Waals surface area contributed by atoms with Crippen molar-refractivity contribution >= 4 is 11.9 Å². The van der Waals surface area contributed by atoms with Crippen LogP contribution in [0.15, 0.2) is 12.7 Å². The van der Waals surface area contributed by atoms with Gasteiger partial charge in [0.05, 0.1) is 18.9 Å². The number of esters is 1. The Balaban J connectivity index is 2.46. The standard InChI is InChI=1S/C18H30O4/c1-4-5-11-18(2,3)13-22-16(19)12-15(17(20)21)14-9-7-6-8-10-14/h4,14-15H,1,5-13H2,2-3H3,(H,20,21)/t15-/m0/s1. The van der Waals surface area contributed by atoms with Crippen LogP contribution in [-0.2, 0) is 14.3 Å². The molecule has 1 aliphatic rings. The van der Waals surface area contributed by atoms with Crippen LogP contribution in [0.3, 0.4) is 0 Å². The van der Waals surface area contributed by atoms with E-state index in [-0.39, 0.29) is 23.7 Å². The molecule has 1 N–H and O–H groups in total. The van der Waals surface area contributed by atoms with Crippen molar-refractivity contribution in [3.63, 3.8) is 0 Å². The summed E-state index contributed by atoms with van der Waals surface area (Å²) >= 11 is 0. The lowest BCUT2D eigenvalue weighted by atomic mass is 9.78. The third-order valence-corrected chi connectivity index (χ3v) is 4.57. The van der Waals surface area contributed by atoms with Crippen molar-refractivity contribution in [3.05, 3.63) is 12.7 Å². The summed E-state index contributed by atoms with van der Waals surface area (Å²) in [6.07, 6.45) is 8.76. The third-order valence-electron chi connectivity index (χ3n) is 4.57. The predicted molar refractivity (Wildman–Crippen MR) is 86.5 cm³/mol. The molecule has 1 fully saturated rings. The third kappa shape index (κ3) is 6.63. The van der Waals surface area contributed by atoms with Crippen molar-refractivity contribution in [2.24, 2.45) is 17.3 Å². The summed E-state index contributed by atoms with van der Waals surface area (Å²) in [5, 5.41) is 9.40. The number of carbonyl (C=O) groups is 2. The Kier molecular flexibility index (Phi) is 7.63. The first-order valence-electron chi connectivity index (χ1n) is 8.35. The van der Waals surface area contributed by atoms with Gasteiger partial charge in [0.15, 0.2) is 0 Å². The van der Waals surface area contributed by atoms with Crippen molar-refractivity contribution in [2.45, 2.75) is 65.2 Å². The Hall–Kier alpha value is -1.32. The fraction of sp³-hybridized carbons (Fsp3) is 0.778. The number of hydrogen-bond donors (Lipinski definition) is 1. The van der Waals surface area contributed by atoms with Crippen molar-refractivity contribution in [1.82, 2.24) is 0 Å². The van der Waals surface area contributed by atoms with Crippen LogP contribution in [0.4, 0.5) is 0 Å². The van der Waals surface area contributed by atoms with Crippen LogP contribution < -0.4 is 0 Å². The molecule has 1 rings (SSSR count). The van der Waals surface area contributed by atoms with E-state index in [4.69, 9.17) is 4.74 Å². The van der Waals surface area contributed by atoms with Gasteiger partial charge in [0.25, 0.3) is 0 Å². The van der Waals surface area contributed by atoms with Crippen LogP contribution in [0, 0.1) is 17.3 Å². The molecular formula is C18H30O4. The number of ether oxygens (including phenoxy) is 1. The fourth-order valence-corrected chi connectivity index (χ4v) is 3.07. The second-order valence-corrected chi connectivity index (χ2v) is 7.20. The summed E-state index contributed by atoms with van der Waals surface area (Å²) in [5.41, 5.74) is -0.104. The van der Waals surface area contributed by atoms with Gasteiger partial charge in [0, 0.05) is 0 Å². The van der Waals surface area contributed by atoms with Gasteiger partial charge in [-0.3, -0.25) is 9.59 Å². The largest absolute Gasteiger partial charge is 0.481 e. The number of hydrogen-bond acceptors (Lipinski definition) is 3. The topological polar surface area (TPSA) is 63.6 Å². The molecular weight excluding hydrogens is 280 g/mol. The molecule has 22 heavy (non-hydrogen) atoms. The Labute approximate surface area is 133 Å². The summed E-state index contributed by atoms with van der Waals surface area (Å²) in [6.45, 7) is 8.11. The van der Waals surface area contributed by atoms with Gasteiger partial charge in [-0.15, -0.1) is 6.58 Å². The summed E-state index contributed by atoms with van der Waals surface area (Å²) in [6, 6.07) is 0. The minimum Gasteiger partial charge on any atom is -0.481 e. The molecule has 126 valence electrons. The zero-order chi connectivity index (χ0) is 16.6. The quantitative estimate of drug-likeness (QED) is 0.512. The van der Waals surface area contributed by atoms with Crippen molar-refractivity contribution < 1.29 is 19.4 Å². The summed E-state index contributed by atoms with van der Waals surface area (Å²) in [4.78, 5) is 23.5. The smallest absolute Gasteiger partial charge is 0.307 e. The first kappa shape index (κ1) is 18.7. The lowest BCUT2D eigenvalue weighted by Gasteiger charge is -2.28. The minimum absolute atomic E-state index is 0.00244. The first-order chi connectivity index (χ1) is 10.4. The summed E-state index contributed by atoms with van der Waals surface area (Å²) in [5.74, 6) is -1.73. The van der Waals surface area contributed by atoms with Crippen molar-refractivity contribution in [3.8, 4) is 0 Å². The average molecular weight is 310 g/mol. The van der Waals surface area contributed by atoms with Crippen LogP contribution in [0.5, 0.6) is 0 Å². The highest BCUT2D eigenvalue weighted by Gasteiger charge is 2.32. The Morgan fingerprint density at radius 1 is 1.32 bits per heavy atom. The van der Waals surface area contributed by atoms with Gasteiger partial charge in [-0.25, -0.2) is 0 Å². The van der Waals surface area contributed by atoms with Gasteiger partial charge in [-0.1, -0.05) is 39.2 Å². The van der Waals surface area contributed by atoms with Crippen LogP contribution in [0.25, 0.3) is 0 Å². The monoisotopic (exact) mass is 310 g/mol. The molecule has 4 nitrogen and oxygen atoms in total. The van der Waals surface area contributed by atoms with E-state index >= 15 is 0 Å². The maximum absolute atomic E-state index is 12.0. The van der Waals surface area contributed by atoms with E-state index in [1.807, 2.05) is 19.9 Å². The van der Waals surface area contributed by atoms with E-state index < -0.39 is 11.9 Å². The zero-order valence-electron chi connectivity index (χ0n) is 14.0. The number of rotatable bonds is 9. The number of carbonyl (C=O) groups excluding carboxylic acids is 1. The van der Waals surface area contributed by atoms with E-state index in [0.717, 1.165) is 38.5 Å². The van der Waals surface area contributed by atoms with E-state index in [1.165, 1.54) is 6.42 Å². The van der Waals surface area contributed by atoms with Crippen LogP contribution in [0.1, 0.15) is 65.2 Å². The Bertz CT molecular complexity index is 381. The van der Waals surface area contributed by atoms with Gasteiger partial charge in [0.1, 0.15) is 0 Å². The van der Waals surface area contributed by atoms with Gasteiger partial charge in [-0.2, -0.15) is 0 Å². The molecule has 4 heteroatoms. The molecule has 0 bridgehead atoms. The number of allylic oxidation sites excluding steroid dienone is 1. The average Bonchev–Trinajstić information content (AvgIpc) is 2.49. The molecule has 0 heterocycles. The molecule has 0 aromatic carbocycles. The maximum Gasteiger partial charge on any atom is 0.307 e. The fourth-order valence-electron chi connectivity index (χ4n) is 3.07. The molecule has 0 aromatic heterocycles. The van der Waals surface area contributed by atoms with Gasteiger partial charge in [0.2, 0.25) is 0 Å². The SMILES string of the molecule is C=CCCC(C)(C)COC(=O)C[C@H](C(=O)O)C1CCCCC1. The number of carboxylic acid groups (broad SMARTS) is 1. The van der Waals surface area contributed by atoms with Gasteiger partial charge >= 0.3 is 11.9 Å². The van der Waals surface area contributed by atoms with Crippen molar-refractivity contribution in [2.75, 3.05) is 6.61 Å². The highest BCUT2D eigenvalue weighted by Crippen LogP contribution is 2.32. The first-order valence-corrected chi connectivity index (χ1v) is 8.35. The second-order valence-electron chi connectivity index (χ2n) is 7.20. The van der Waals surface area contributed by atoms with Crippen molar-refractivity contribution in [1.29, 1.82) is 0 Å². The normalized spacial score (nSPS) is 17.7. The molecule has 0 radical (unpaired) electrons. The Morgan fingerprint density at radius 3 is 2.50 bits per heavy atom. The molecule has 0 unspecified atom stereocenters. The van der Waals surface area contributed by atoms with E-state index in [1.54, 1.807) is 0 Å². The maximum atomic E-state index is 12.0. The van der Waals surface area contributed by atoms with E-state index in [9.17, 15) is 14.7 Å². The lowest BCUT2D eigenvalue weighted by molar-refractivity contribution is -0.155. The van der Waals surface area contributed by atoms with Crippen LogP contribution >= 0.6 is 0 Å². The van der Waals surface area contributed by atoms with E-state index in [2.05, 4.69) is 6.58 Å². The molecule has 1 aliphatic carbocycles. The summed E-state index contributed by atoms with van der Waals surface area (Å²) < 4.78 is 5.34. The molecule has 0 aromatic rings. The second kappa shape index (κ2) is 8.96. The number of carboxylic acids is 1. The van der Waals surface area contributed by atoms with Crippen LogP contribution in [0.2, 0.25) is 0 Å². The highest BCUT2D eigenvalue weighted by molar-refractivity contribution is 5.79. The molecule has 0 aliphatic heterocycles. The van der Waals surface area contributed by atoms with Gasteiger partial charge in [-0.05, 0) is 37.0 Å². The molecule has 0 saturated heterocycles. The predicted octanol–water partition coefficient (Wildman–Crippen LogP) is 4.19. The minimum atomic E-state index is -0.866. The summed E-state index contributed by atoms with van der Waals surface area (Å²) in [7, 11) is 0. The van der Waals surface area contributed by atoms with E-state index in [0.29, 0.717) is 6.61 Å². The van der Waals surface area contributed by atoms with Gasteiger partial charge < -0.3 is 9.84 Å². The highest BCUT2D eigenvalue weighted by atomic mass is 16.5. The zero-order valence-corrected chi connectivity index (χ0v) is 14.0. The molecule has 0 amide bonds. The number of aliphatic carboxylic acids is 1. The van der Waals surface area contributed by atoms with Crippen LogP contribution in [-0.4, -0.2) is 23.7 Å². The molecule has 1 saturated carbocycles. The lowest BCUT2D eigenvalue weighted by Crippen LogP contribution is -2.30. The molecule has 1 atom stereocenters.